The van der Waals surface area contributed by atoms with E-state index >= 15 is 0 Å². The van der Waals surface area contributed by atoms with Gasteiger partial charge in [0.25, 0.3) is 5.91 Å². The Morgan fingerprint density at radius 2 is 1.77 bits per heavy atom. The summed E-state index contributed by atoms with van der Waals surface area (Å²) in [6.45, 7) is 5.28. The van der Waals surface area contributed by atoms with Crippen molar-refractivity contribution in [1.29, 1.82) is 0 Å². The van der Waals surface area contributed by atoms with Gasteiger partial charge >= 0.3 is 6.03 Å². The molecule has 1 aliphatic rings. The van der Waals surface area contributed by atoms with Crippen LogP contribution in [0.2, 0.25) is 0 Å². The minimum atomic E-state index is -0.154. The second-order valence-corrected chi connectivity index (χ2v) is 7.52. The molecular weight excluding hydrogens is 376 g/mol. The van der Waals surface area contributed by atoms with Crippen LogP contribution in [0.1, 0.15) is 21.5 Å². The first-order valence-electron chi connectivity index (χ1n) is 10.2. The van der Waals surface area contributed by atoms with E-state index in [1.54, 1.807) is 11.0 Å². The fourth-order valence-electron chi connectivity index (χ4n) is 3.73. The molecule has 3 N–H and O–H groups in total. The first-order chi connectivity index (χ1) is 14.6. The lowest BCUT2D eigenvalue weighted by Crippen LogP contribution is -2.48. The molecule has 3 amide bonds. The van der Waals surface area contributed by atoms with Crippen molar-refractivity contribution in [2.75, 3.05) is 31.5 Å². The number of amides is 3. The topological polar surface area (TPSA) is 73.5 Å². The van der Waals surface area contributed by atoms with E-state index in [4.69, 9.17) is 0 Å². The van der Waals surface area contributed by atoms with Gasteiger partial charge in [0.15, 0.2) is 0 Å². The number of carbonyl (C=O) groups is 2. The van der Waals surface area contributed by atoms with E-state index < -0.39 is 0 Å². The van der Waals surface area contributed by atoms with E-state index in [1.165, 1.54) is 0 Å². The molecule has 30 heavy (non-hydrogen) atoms. The van der Waals surface area contributed by atoms with Crippen molar-refractivity contribution in [1.82, 2.24) is 15.5 Å². The third-order valence-corrected chi connectivity index (χ3v) is 5.46. The maximum Gasteiger partial charge on any atom is 0.321 e. The summed E-state index contributed by atoms with van der Waals surface area (Å²) in [7, 11) is 0. The van der Waals surface area contributed by atoms with Crippen LogP contribution in [0.3, 0.4) is 0 Å². The van der Waals surface area contributed by atoms with E-state index in [1.807, 2.05) is 43.3 Å². The highest BCUT2D eigenvalue weighted by Gasteiger charge is 2.17. The Morgan fingerprint density at radius 3 is 2.60 bits per heavy atom. The Morgan fingerprint density at radius 1 is 1.00 bits per heavy atom. The number of carbonyl (C=O) groups excluding carboxylic acids is 2. The molecule has 3 aromatic carbocycles. The fraction of sp³-hybridized carbons (Fsp3) is 0.250. The summed E-state index contributed by atoms with van der Waals surface area (Å²) >= 11 is 0. The van der Waals surface area contributed by atoms with Crippen molar-refractivity contribution in [2.45, 2.75) is 13.5 Å². The Hall–Kier alpha value is -3.38. The summed E-state index contributed by atoms with van der Waals surface area (Å²) in [6, 6.07) is 19.5. The van der Waals surface area contributed by atoms with Gasteiger partial charge in [-0.15, -0.1) is 0 Å². The van der Waals surface area contributed by atoms with Gasteiger partial charge in [-0.05, 0) is 41.0 Å². The largest absolute Gasteiger partial charge is 0.348 e. The minimum Gasteiger partial charge on any atom is -0.348 e. The van der Waals surface area contributed by atoms with Gasteiger partial charge in [0.2, 0.25) is 0 Å². The zero-order valence-corrected chi connectivity index (χ0v) is 17.1. The summed E-state index contributed by atoms with van der Waals surface area (Å²) in [5.41, 5.74) is 3.13. The van der Waals surface area contributed by atoms with E-state index in [2.05, 4.69) is 34.1 Å². The zero-order chi connectivity index (χ0) is 20.9. The lowest BCUT2D eigenvalue weighted by molar-refractivity contribution is 0.0950. The molecule has 0 spiro atoms. The summed E-state index contributed by atoms with van der Waals surface area (Å²) in [5, 5.41) is 11.4. The molecule has 6 heteroatoms. The van der Waals surface area contributed by atoms with Crippen LogP contribution in [0, 0.1) is 6.92 Å². The van der Waals surface area contributed by atoms with E-state index in [-0.39, 0.29) is 11.9 Å². The summed E-state index contributed by atoms with van der Waals surface area (Å²) in [4.78, 5) is 27.1. The normalized spacial score (nSPS) is 13.8. The molecule has 0 atom stereocenters. The molecule has 0 radical (unpaired) electrons. The molecule has 154 valence electrons. The number of piperazine rings is 1. The Balaban J connectivity index is 1.45. The van der Waals surface area contributed by atoms with E-state index in [9.17, 15) is 9.59 Å². The highest BCUT2D eigenvalue weighted by atomic mass is 16.2. The van der Waals surface area contributed by atoms with Crippen molar-refractivity contribution < 1.29 is 9.59 Å². The van der Waals surface area contributed by atoms with Gasteiger partial charge < -0.3 is 20.9 Å². The highest BCUT2D eigenvalue weighted by molar-refractivity contribution is 5.98. The van der Waals surface area contributed by atoms with Crippen molar-refractivity contribution in [3.63, 3.8) is 0 Å². The van der Waals surface area contributed by atoms with Crippen LogP contribution in [0.25, 0.3) is 10.8 Å². The van der Waals surface area contributed by atoms with E-state index in [0.717, 1.165) is 35.0 Å². The standard InChI is InChI=1S/C24H26N4O2/c1-17-9-10-20(27-24(30)28-13-11-25-12-14-28)15-22(17)23(29)26-16-19-7-4-6-18-5-2-3-8-21(18)19/h2-10,15,25H,11-14,16H2,1H3,(H,26,29)(H,27,30). The SMILES string of the molecule is Cc1ccc(NC(=O)N2CCNCC2)cc1C(=O)NCc1cccc2ccccc12. The molecule has 1 aliphatic heterocycles. The molecule has 1 saturated heterocycles. The van der Waals surface area contributed by atoms with Crippen LogP contribution in [0.15, 0.2) is 60.7 Å². The number of nitrogens with one attached hydrogen (secondary N) is 3. The number of anilines is 1. The number of urea groups is 1. The molecule has 0 saturated carbocycles. The second-order valence-electron chi connectivity index (χ2n) is 7.52. The average Bonchev–Trinajstić information content (AvgIpc) is 2.79. The third-order valence-electron chi connectivity index (χ3n) is 5.46. The van der Waals surface area contributed by atoms with Gasteiger partial charge in [-0.25, -0.2) is 4.79 Å². The molecule has 0 aliphatic carbocycles. The second kappa shape index (κ2) is 8.97. The lowest BCUT2D eigenvalue weighted by Gasteiger charge is -2.27. The number of benzene rings is 3. The van der Waals surface area contributed by atoms with Gasteiger partial charge in [0.05, 0.1) is 0 Å². The van der Waals surface area contributed by atoms with Gasteiger partial charge in [0.1, 0.15) is 0 Å². The molecule has 0 aromatic heterocycles. The number of nitrogens with zero attached hydrogens (tertiary/aromatic N) is 1. The Labute approximate surface area is 176 Å². The number of rotatable bonds is 4. The molecule has 1 fully saturated rings. The number of hydrogen-bond acceptors (Lipinski definition) is 3. The molecular formula is C24H26N4O2. The first kappa shape index (κ1) is 19.9. The van der Waals surface area contributed by atoms with Gasteiger partial charge in [-0.1, -0.05) is 48.5 Å². The number of hydrogen-bond donors (Lipinski definition) is 3. The van der Waals surface area contributed by atoms with Crippen molar-refractivity contribution in [3.05, 3.63) is 77.4 Å². The Kier molecular flexibility index (Phi) is 5.95. The van der Waals surface area contributed by atoms with Crippen LogP contribution < -0.4 is 16.0 Å². The van der Waals surface area contributed by atoms with Gasteiger partial charge in [-0.2, -0.15) is 0 Å². The monoisotopic (exact) mass is 402 g/mol. The molecule has 1 heterocycles. The lowest BCUT2D eigenvalue weighted by atomic mass is 10.0. The quantitative estimate of drug-likeness (QED) is 0.625. The van der Waals surface area contributed by atoms with Crippen LogP contribution in [-0.2, 0) is 6.54 Å². The summed E-state index contributed by atoms with van der Waals surface area (Å²) in [5.74, 6) is -0.154. The predicted octanol–water partition coefficient (Wildman–Crippen LogP) is 3.52. The fourth-order valence-corrected chi connectivity index (χ4v) is 3.73. The Bertz CT molecular complexity index is 1070. The predicted molar refractivity (Wildman–Crippen MR) is 120 cm³/mol. The van der Waals surface area contributed by atoms with Crippen LogP contribution in [-0.4, -0.2) is 43.0 Å². The van der Waals surface area contributed by atoms with E-state index in [0.29, 0.717) is 30.9 Å². The van der Waals surface area contributed by atoms with Crippen LogP contribution in [0.4, 0.5) is 10.5 Å². The van der Waals surface area contributed by atoms with Crippen molar-refractivity contribution in [3.8, 4) is 0 Å². The summed E-state index contributed by atoms with van der Waals surface area (Å²) in [6.07, 6.45) is 0. The zero-order valence-electron chi connectivity index (χ0n) is 17.1. The maximum absolute atomic E-state index is 12.9. The van der Waals surface area contributed by atoms with Crippen LogP contribution >= 0.6 is 0 Å². The molecule has 4 rings (SSSR count). The summed E-state index contributed by atoms with van der Waals surface area (Å²) < 4.78 is 0. The molecule has 0 unspecified atom stereocenters. The van der Waals surface area contributed by atoms with Gasteiger partial charge in [-0.3, -0.25) is 4.79 Å². The molecule has 6 nitrogen and oxygen atoms in total. The maximum atomic E-state index is 12.9. The number of fused-ring (bicyclic) bond motifs is 1. The smallest absolute Gasteiger partial charge is 0.321 e. The number of aryl methyl sites for hydroxylation is 1. The van der Waals surface area contributed by atoms with Crippen molar-refractivity contribution in [2.24, 2.45) is 0 Å². The highest BCUT2D eigenvalue weighted by Crippen LogP contribution is 2.19. The molecule has 3 aromatic rings. The first-order valence-corrected chi connectivity index (χ1v) is 10.2. The van der Waals surface area contributed by atoms with Crippen LogP contribution in [0.5, 0.6) is 0 Å². The van der Waals surface area contributed by atoms with Gasteiger partial charge in [0, 0.05) is 44.0 Å². The molecule has 0 bridgehead atoms. The average molecular weight is 402 g/mol. The third kappa shape index (κ3) is 4.44. The van der Waals surface area contributed by atoms with Crippen molar-refractivity contribution >= 4 is 28.4 Å². The minimum absolute atomic E-state index is 0.137.